The van der Waals surface area contributed by atoms with E-state index in [1.54, 1.807) is 14.0 Å². The Morgan fingerprint density at radius 1 is 1.00 bits per heavy atom. The number of fused-ring (bicyclic) bond motifs is 2. The Labute approximate surface area is 267 Å². The number of amides is 2. The van der Waals surface area contributed by atoms with Gasteiger partial charge in [-0.25, -0.2) is 0 Å². The van der Waals surface area contributed by atoms with Crippen LogP contribution in [0.1, 0.15) is 83.8 Å². The summed E-state index contributed by atoms with van der Waals surface area (Å²) >= 11 is 9.94. The molecule has 2 aromatic heterocycles. The summed E-state index contributed by atoms with van der Waals surface area (Å²) in [6.45, 7) is 13.1. The van der Waals surface area contributed by atoms with Crippen LogP contribution in [0, 0.1) is 0 Å². The first kappa shape index (κ1) is 34.3. The van der Waals surface area contributed by atoms with Crippen LogP contribution in [0.25, 0.3) is 21.8 Å². The summed E-state index contributed by atoms with van der Waals surface area (Å²) < 4.78 is 12.3. The van der Waals surface area contributed by atoms with Gasteiger partial charge in [0, 0.05) is 65.6 Å². The number of carbonyl (C=O) groups is 2. The van der Waals surface area contributed by atoms with Crippen LogP contribution in [0.3, 0.4) is 0 Å². The average molecular weight is 676 g/mol. The molecule has 8 nitrogen and oxygen atoms in total. The minimum Gasteiger partial charge on any atom is -0.497 e. The van der Waals surface area contributed by atoms with Crippen LogP contribution in [-0.2, 0) is 9.59 Å². The summed E-state index contributed by atoms with van der Waals surface area (Å²) in [7, 11) is 1.67. The number of halogens is 2. The van der Waals surface area contributed by atoms with Gasteiger partial charge in [0.15, 0.2) is 0 Å². The van der Waals surface area contributed by atoms with E-state index in [1.165, 1.54) is 5.56 Å². The monoisotopic (exact) mass is 674 g/mol. The van der Waals surface area contributed by atoms with Gasteiger partial charge in [-0.3, -0.25) is 9.59 Å². The molecule has 10 heteroatoms. The van der Waals surface area contributed by atoms with Crippen LogP contribution in [0.4, 0.5) is 0 Å². The first-order chi connectivity index (χ1) is 20.4. The Morgan fingerprint density at radius 2 is 1.63 bits per heavy atom. The van der Waals surface area contributed by atoms with Gasteiger partial charge in [0.25, 0.3) is 0 Å². The van der Waals surface area contributed by atoms with E-state index in [9.17, 15) is 9.59 Å². The maximum Gasteiger partial charge on any atom is 0.216 e. The first-order valence-electron chi connectivity index (χ1n) is 14.7. The van der Waals surface area contributed by atoms with E-state index in [1.807, 2.05) is 57.4 Å². The molecule has 0 saturated heterocycles. The third-order valence-electron chi connectivity index (χ3n) is 7.21. The molecule has 0 radical (unpaired) electrons. The molecule has 0 aliphatic rings. The second kappa shape index (κ2) is 15.5. The van der Waals surface area contributed by atoms with Gasteiger partial charge in [-0.15, -0.1) is 0 Å². The van der Waals surface area contributed by atoms with Gasteiger partial charge in [0.2, 0.25) is 12.3 Å². The standard InChI is InChI=1S/C17H23ClN2O2.C16H21BrN2O2/c1-5-11(8-19-10-21)14-9-20-16-13(14)6-12(7-15(16)18)22-17(2,3)4;1-4-5-11(8-18-10(2)20)14-9-19-16-13(14)6-12(21-3)7-15(16)17/h6-7,9-11,20H,5,8H2,1-4H3,(H,19,21);6-7,9,11,19H,4-5,8H2,1-3H3,(H,18,20). The number of methoxy groups -OCH3 is 1. The lowest BCUT2D eigenvalue weighted by atomic mass is 9.94. The minimum atomic E-state index is -0.281. The zero-order chi connectivity index (χ0) is 31.7. The molecule has 2 aromatic carbocycles. The molecule has 2 unspecified atom stereocenters. The summed E-state index contributed by atoms with van der Waals surface area (Å²) in [5.41, 5.74) is 4.06. The number of carbonyl (C=O) groups excluding carboxylic acids is 2. The van der Waals surface area contributed by atoms with Crippen molar-refractivity contribution in [2.75, 3.05) is 20.2 Å². The van der Waals surface area contributed by atoms with Crippen LogP contribution in [0.5, 0.6) is 11.5 Å². The van der Waals surface area contributed by atoms with Crippen molar-refractivity contribution in [1.82, 2.24) is 20.6 Å². The number of rotatable bonds is 12. The van der Waals surface area contributed by atoms with Gasteiger partial charge in [0.1, 0.15) is 17.1 Å². The van der Waals surface area contributed by atoms with Gasteiger partial charge in [-0.05, 0) is 78.9 Å². The van der Waals surface area contributed by atoms with Gasteiger partial charge in [-0.2, -0.15) is 0 Å². The third kappa shape index (κ3) is 9.16. The molecule has 4 N–H and O–H groups in total. The van der Waals surface area contributed by atoms with Crippen LogP contribution in [0.2, 0.25) is 5.02 Å². The van der Waals surface area contributed by atoms with E-state index < -0.39 is 0 Å². The quantitative estimate of drug-likeness (QED) is 0.114. The summed E-state index contributed by atoms with van der Waals surface area (Å²) in [6, 6.07) is 7.84. The predicted octanol–water partition coefficient (Wildman–Crippen LogP) is 8.20. The average Bonchev–Trinajstić information content (AvgIpc) is 3.56. The fraction of sp³-hybridized carbons (Fsp3) is 0.455. The second-order valence-electron chi connectivity index (χ2n) is 11.6. The molecule has 0 bridgehead atoms. The predicted molar refractivity (Wildman–Crippen MR) is 180 cm³/mol. The van der Waals surface area contributed by atoms with Gasteiger partial charge in [0.05, 0.1) is 23.2 Å². The lowest BCUT2D eigenvalue weighted by molar-refractivity contribution is -0.119. The Kier molecular flexibility index (Phi) is 12.4. The summed E-state index contributed by atoms with van der Waals surface area (Å²) in [6.07, 6.45) is 7.77. The Balaban J connectivity index is 0.000000236. The zero-order valence-electron chi connectivity index (χ0n) is 26.1. The molecule has 234 valence electrons. The highest BCUT2D eigenvalue weighted by molar-refractivity contribution is 9.10. The smallest absolute Gasteiger partial charge is 0.216 e. The number of H-pyrrole nitrogens is 2. The lowest BCUT2D eigenvalue weighted by Gasteiger charge is -2.22. The van der Waals surface area contributed by atoms with E-state index in [2.05, 4.69) is 50.4 Å². The molecule has 0 saturated carbocycles. The third-order valence-corrected chi connectivity index (χ3v) is 8.13. The molecule has 0 fully saturated rings. The van der Waals surface area contributed by atoms with Crippen LogP contribution in [-0.4, -0.2) is 48.1 Å². The topological polar surface area (TPSA) is 108 Å². The van der Waals surface area contributed by atoms with Crippen LogP contribution >= 0.6 is 27.5 Å². The van der Waals surface area contributed by atoms with E-state index in [0.717, 1.165) is 69.0 Å². The number of nitrogens with one attached hydrogen (secondary N) is 4. The number of aromatic nitrogens is 2. The van der Waals surface area contributed by atoms with E-state index in [-0.39, 0.29) is 17.4 Å². The maximum absolute atomic E-state index is 11.2. The van der Waals surface area contributed by atoms with Crippen molar-refractivity contribution >= 4 is 61.7 Å². The normalized spacial score (nSPS) is 12.8. The number of benzene rings is 2. The van der Waals surface area contributed by atoms with E-state index in [4.69, 9.17) is 21.1 Å². The summed E-state index contributed by atoms with van der Waals surface area (Å²) in [5, 5.41) is 8.52. The fourth-order valence-corrected chi connectivity index (χ4v) is 6.04. The molecule has 0 aliphatic heterocycles. The molecule has 43 heavy (non-hydrogen) atoms. The molecule has 0 aliphatic carbocycles. The number of hydrogen-bond acceptors (Lipinski definition) is 4. The van der Waals surface area contributed by atoms with Crippen molar-refractivity contribution in [2.45, 2.75) is 78.2 Å². The molecule has 2 heterocycles. The Morgan fingerprint density at radius 3 is 2.21 bits per heavy atom. The Bertz CT molecular complexity index is 1520. The Hall–Kier alpha value is -3.17. The lowest BCUT2D eigenvalue weighted by Crippen LogP contribution is -2.25. The molecule has 2 amide bonds. The molecule has 4 rings (SSSR count). The van der Waals surface area contributed by atoms with Gasteiger partial charge < -0.3 is 30.1 Å². The highest BCUT2D eigenvalue weighted by Crippen LogP contribution is 2.37. The minimum absolute atomic E-state index is 0.00899. The molecular formula is C33H44BrClN4O4. The molecule has 4 aromatic rings. The fourth-order valence-electron chi connectivity index (χ4n) is 5.22. The van der Waals surface area contributed by atoms with Crippen LogP contribution in [0.15, 0.2) is 41.1 Å². The molecule has 2 atom stereocenters. The number of hydrogen-bond donors (Lipinski definition) is 4. The zero-order valence-corrected chi connectivity index (χ0v) is 28.5. The number of aromatic amines is 2. The molecule has 0 spiro atoms. The summed E-state index contributed by atoms with van der Waals surface area (Å²) in [5.74, 6) is 2.12. The summed E-state index contributed by atoms with van der Waals surface area (Å²) in [4.78, 5) is 28.3. The highest BCUT2D eigenvalue weighted by atomic mass is 79.9. The maximum atomic E-state index is 11.2. The van der Waals surface area contributed by atoms with Crippen molar-refractivity contribution in [2.24, 2.45) is 0 Å². The van der Waals surface area contributed by atoms with Crippen molar-refractivity contribution < 1.29 is 19.1 Å². The van der Waals surface area contributed by atoms with Crippen molar-refractivity contribution in [3.63, 3.8) is 0 Å². The largest absolute Gasteiger partial charge is 0.497 e. The van der Waals surface area contributed by atoms with Crippen molar-refractivity contribution in [3.05, 3.63) is 57.3 Å². The van der Waals surface area contributed by atoms with E-state index >= 15 is 0 Å². The molecular weight excluding hydrogens is 632 g/mol. The van der Waals surface area contributed by atoms with Crippen molar-refractivity contribution in [1.29, 1.82) is 0 Å². The van der Waals surface area contributed by atoms with Gasteiger partial charge in [-0.1, -0.05) is 31.9 Å². The van der Waals surface area contributed by atoms with Crippen molar-refractivity contribution in [3.8, 4) is 11.5 Å². The first-order valence-corrected chi connectivity index (χ1v) is 15.8. The second-order valence-corrected chi connectivity index (χ2v) is 12.9. The SMILES string of the molecule is CCC(CNC=O)c1c[nH]c2c(Cl)cc(OC(C)(C)C)cc12.CCCC(CNC(C)=O)c1c[nH]c2c(Br)cc(OC)cc12. The van der Waals surface area contributed by atoms with E-state index in [0.29, 0.717) is 24.0 Å². The highest BCUT2D eigenvalue weighted by Gasteiger charge is 2.20. The number of ether oxygens (including phenoxy) is 2. The van der Waals surface area contributed by atoms with Gasteiger partial charge >= 0.3 is 0 Å². The van der Waals surface area contributed by atoms with Crippen LogP contribution < -0.4 is 20.1 Å².